The molecular weight excluding hydrogens is 138 g/mol. The van der Waals surface area contributed by atoms with Crippen molar-refractivity contribution in [3.05, 3.63) is 0 Å². The summed E-state index contributed by atoms with van der Waals surface area (Å²) in [5.41, 5.74) is 5.94. The molecule has 11 heavy (non-hydrogen) atoms. The molecule has 1 aliphatic carbocycles. The maximum absolute atomic E-state index is 6.13. The molecule has 0 bridgehead atoms. The maximum Gasteiger partial charge on any atom is 0.109 e. The smallest absolute Gasteiger partial charge is 0.109 e. The molecule has 3 N–H and O–H groups in total. The van der Waals surface area contributed by atoms with Crippen LogP contribution in [0.4, 0.5) is 0 Å². The van der Waals surface area contributed by atoms with Crippen molar-refractivity contribution >= 4 is 5.84 Å². The summed E-state index contributed by atoms with van der Waals surface area (Å²) >= 11 is 0. The van der Waals surface area contributed by atoms with Gasteiger partial charge in [0.2, 0.25) is 0 Å². The van der Waals surface area contributed by atoms with Crippen LogP contribution in [0.3, 0.4) is 0 Å². The molecule has 0 saturated heterocycles. The molecule has 1 fully saturated rings. The topological polar surface area (TPSA) is 50.4 Å². The molecule has 0 aromatic carbocycles. The van der Waals surface area contributed by atoms with Crippen molar-refractivity contribution in [3.63, 3.8) is 0 Å². The lowest BCUT2D eigenvalue weighted by Gasteiger charge is -2.34. The van der Waals surface area contributed by atoms with Gasteiger partial charge in [0.15, 0.2) is 0 Å². The number of amidine groups is 1. The van der Waals surface area contributed by atoms with E-state index >= 15 is 0 Å². The Bertz CT molecular complexity index is 200. The SMILES string of the molecule is CC1=N[C@H]2CCCC[C@@]2(N)N1. The second kappa shape index (κ2) is 2.21. The van der Waals surface area contributed by atoms with E-state index in [1.165, 1.54) is 12.8 Å². The minimum absolute atomic E-state index is 0.192. The molecule has 0 aromatic rings. The zero-order valence-electron chi connectivity index (χ0n) is 6.93. The highest BCUT2D eigenvalue weighted by atomic mass is 15.2. The van der Waals surface area contributed by atoms with E-state index in [0.29, 0.717) is 6.04 Å². The Hall–Kier alpha value is -0.570. The molecule has 0 amide bonds. The molecule has 2 aliphatic rings. The van der Waals surface area contributed by atoms with Crippen molar-refractivity contribution in [2.24, 2.45) is 10.7 Å². The molecule has 62 valence electrons. The molecule has 0 spiro atoms. The molecule has 0 unspecified atom stereocenters. The molecule has 1 aliphatic heterocycles. The summed E-state index contributed by atoms with van der Waals surface area (Å²) in [7, 11) is 0. The Morgan fingerprint density at radius 2 is 2.45 bits per heavy atom. The van der Waals surface area contributed by atoms with Gasteiger partial charge in [-0.1, -0.05) is 6.42 Å². The van der Waals surface area contributed by atoms with E-state index in [1.54, 1.807) is 0 Å². The van der Waals surface area contributed by atoms with E-state index in [9.17, 15) is 0 Å². The number of hydrogen-bond donors (Lipinski definition) is 2. The first-order valence-corrected chi connectivity index (χ1v) is 4.32. The van der Waals surface area contributed by atoms with Gasteiger partial charge >= 0.3 is 0 Å². The maximum atomic E-state index is 6.13. The molecule has 3 nitrogen and oxygen atoms in total. The molecule has 0 radical (unpaired) electrons. The molecule has 0 aromatic heterocycles. The first-order valence-electron chi connectivity index (χ1n) is 4.32. The fraction of sp³-hybridized carbons (Fsp3) is 0.875. The minimum atomic E-state index is -0.192. The normalized spacial score (nSPS) is 42.7. The quantitative estimate of drug-likeness (QED) is 0.535. The van der Waals surface area contributed by atoms with E-state index in [2.05, 4.69) is 10.3 Å². The van der Waals surface area contributed by atoms with Crippen LogP contribution in [0.15, 0.2) is 4.99 Å². The first kappa shape index (κ1) is 7.10. The molecule has 3 heteroatoms. The van der Waals surface area contributed by atoms with Crippen LogP contribution in [0.1, 0.15) is 32.6 Å². The average molecular weight is 153 g/mol. The van der Waals surface area contributed by atoms with E-state index in [4.69, 9.17) is 5.73 Å². The van der Waals surface area contributed by atoms with Gasteiger partial charge in [-0.15, -0.1) is 0 Å². The number of nitrogens with zero attached hydrogens (tertiary/aromatic N) is 1. The Morgan fingerprint density at radius 1 is 1.64 bits per heavy atom. The molecule has 1 saturated carbocycles. The van der Waals surface area contributed by atoms with Crippen LogP contribution in [-0.2, 0) is 0 Å². The lowest BCUT2D eigenvalue weighted by atomic mass is 9.86. The predicted octanol–water partition coefficient (Wildman–Crippen LogP) is 0.606. The number of nitrogens with one attached hydrogen (secondary N) is 1. The number of hydrogen-bond acceptors (Lipinski definition) is 3. The van der Waals surface area contributed by atoms with Crippen molar-refractivity contribution in [1.82, 2.24) is 5.32 Å². The number of aliphatic imine (C=N–C) groups is 1. The monoisotopic (exact) mass is 153 g/mol. The van der Waals surface area contributed by atoms with Crippen molar-refractivity contribution in [1.29, 1.82) is 0 Å². The van der Waals surface area contributed by atoms with Gasteiger partial charge in [-0.2, -0.15) is 0 Å². The summed E-state index contributed by atoms with van der Waals surface area (Å²) in [4.78, 5) is 4.46. The molecule has 2 atom stereocenters. The van der Waals surface area contributed by atoms with Crippen LogP contribution in [0.25, 0.3) is 0 Å². The van der Waals surface area contributed by atoms with Crippen molar-refractivity contribution < 1.29 is 0 Å². The van der Waals surface area contributed by atoms with E-state index in [1.807, 2.05) is 6.92 Å². The predicted molar refractivity (Wildman–Crippen MR) is 45.4 cm³/mol. The fourth-order valence-electron chi connectivity index (χ4n) is 2.11. The van der Waals surface area contributed by atoms with Crippen LogP contribution in [0, 0.1) is 0 Å². The van der Waals surface area contributed by atoms with Gasteiger partial charge in [-0.3, -0.25) is 4.99 Å². The Kier molecular flexibility index (Phi) is 1.42. The second-order valence-corrected chi connectivity index (χ2v) is 3.64. The first-order chi connectivity index (χ1) is 5.21. The van der Waals surface area contributed by atoms with Gasteiger partial charge in [-0.05, 0) is 26.2 Å². The summed E-state index contributed by atoms with van der Waals surface area (Å²) in [6.07, 6.45) is 4.74. The number of fused-ring (bicyclic) bond motifs is 1. The highest BCUT2D eigenvalue weighted by Crippen LogP contribution is 2.29. The number of rotatable bonds is 0. The summed E-state index contributed by atoms with van der Waals surface area (Å²) in [5.74, 6) is 1.01. The standard InChI is InChI=1S/C8H15N3/c1-6-10-7-4-2-3-5-8(7,9)11-6/h7H,2-5,9H2,1H3,(H,10,11)/t7-,8+/m0/s1. The third-order valence-corrected chi connectivity index (χ3v) is 2.68. The average Bonchev–Trinajstić information content (AvgIpc) is 2.22. The van der Waals surface area contributed by atoms with E-state index in [0.717, 1.165) is 18.7 Å². The van der Waals surface area contributed by atoms with Gasteiger partial charge in [0.1, 0.15) is 5.66 Å². The van der Waals surface area contributed by atoms with Gasteiger partial charge in [0, 0.05) is 0 Å². The van der Waals surface area contributed by atoms with Crippen molar-refractivity contribution in [2.45, 2.75) is 44.3 Å². The zero-order chi connectivity index (χ0) is 7.90. The van der Waals surface area contributed by atoms with Gasteiger partial charge in [0.25, 0.3) is 0 Å². The third kappa shape index (κ3) is 1.03. The van der Waals surface area contributed by atoms with Crippen LogP contribution < -0.4 is 11.1 Å². The molecule has 2 rings (SSSR count). The molecule has 1 heterocycles. The highest BCUT2D eigenvalue weighted by Gasteiger charge is 2.40. The second-order valence-electron chi connectivity index (χ2n) is 3.64. The Morgan fingerprint density at radius 3 is 3.18 bits per heavy atom. The van der Waals surface area contributed by atoms with Crippen molar-refractivity contribution in [3.8, 4) is 0 Å². The van der Waals surface area contributed by atoms with Crippen LogP contribution >= 0.6 is 0 Å². The van der Waals surface area contributed by atoms with Crippen LogP contribution in [-0.4, -0.2) is 17.5 Å². The highest BCUT2D eigenvalue weighted by molar-refractivity contribution is 5.82. The summed E-state index contributed by atoms with van der Waals surface area (Å²) in [6.45, 7) is 1.99. The van der Waals surface area contributed by atoms with E-state index in [-0.39, 0.29) is 5.66 Å². The lowest BCUT2D eigenvalue weighted by molar-refractivity contribution is 0.255. The summed E-state index contributed by atoms with van der Waals surface area (Å²) < 4.78 is 0. The summed E-state index contributed by atoms with van der Waals surface area (Å²) in [6, 6.07) is 0.344. The lowest BCUT2D eigenvalue weighted by Crippen LogP contribution is -2.59. The fourth-order valence-corrected chi connectivity index (χ4v) is 2.11. The van der Waals surface area contributed by atoms with Crippen LogP contribution in [0.2, 0.25) is 0 Å². The zero-order valence-corrected chi connectivity index (χ0v) is 6.93. The Labute approximate surface area is 67.1 Å². The minimum Gasteiger partial charge on any atom is -0.354 e. The van der Waals surface area contributed by atoms with Crippen molar-refractivity contribution in [2.75, 3.05) is 0 Å². The third-order valence-electron chi connectivity index (χ3n) is 2.68. The number of nitrogens with two attached hydrogens (primary N) is 1. The van der Waals surface area contributed by atoms with Gasteiger partial charge < -0.3 is 11.1 Å². The van der Waals surface area contributed by atoms with E-state index < -0.39 is 0 Å². The van der Waals surface area contributed by atoms with Gasteiger partial charge in [0.05, 0.1) is 11.9 Å². The molecular formula is C8H15N3. The van der Waals surface area contributed by atoms with Crippen LogP contribution in [0.5, 0.6) is 0 Å². The Balaban J connectivity index is 2.18. The van der Waals surface area contributed by atoms with Gasteiger partial charge in [-0.25, -0.2) is 0 Å². The summed E-state index contributed by atoms with van der Waals surface area (Å²) in [5, 5.41) is 3.26. The largest absolute Gasteiger partial charge is 0.354 e.